The van der Waals surface area contributed by atoms with Crippen molar-refractivity contribution in [3.05, 3.63) is 121 Å². The van der Waals surface area contributed by atoms with E-state index in [1.807, 2.05) is 48.5 Å². The second-order valence-electron chi connectivity index (χ2n) is 16.1. The van der Waals surface area contributed by atoms with Crippen molar-refractivity contribution in [1.82, 2.24) is 9.13 Å². The number of hydrogen-bond acceptors (Lipinski definition) is 12. The summed E-state index contributed by atoms with van der Waals surface area (Å²) in [6.07, 6.45) is 0. The summed E-state index contributed by atoms with van der Waals surface area (Å²) < 4.78 is 106. The van der Waals surface area contributed by atoms with Crippen LogP contribution in [0.3, 0.4) is 0 Å². The molecule has 0 atom stereocenters. The number of nitrogens with zero attached hydrogens (tertiary/aromatic N) is 2. The molecule has 76 heavy (non-hydrogen) atoms. The molecule has 0 unspecified atom stereocenters. The van der Waals surface area contributed by atoms with E-state index in [0.29, 0.717) is 21.2 Å². The van der Waals surface area contributed by atoms with Crippen molar-refractivity contribution in [3.8, 4) is 22.5 Å². The van der Waals surface area contributed by atoms with Gasteiger partial charge in [0.25, 0.3) is 0 Å². The number of fused-ring (bicyclic) bond motifs is 6. The zero-order valence-electron chi connectivity index (χ0n) is 43.7. The maximum absolute atomic E-state index is 14.0. The quantitative estimate of drug-likeness (QED) is 0.0443. The third-order valence-corrected chi connectivity index (χ3v) is 20.1. The van der Waals surface area contributed by atoms with Gasteiger partial charge in [0.15, 0.2) is 0 Å². The van der Waals surface area contributed by atoms with Gasteiger partial charge in [-0.1, -0.05) is 24.3 Å². The number of rotatable bonds is 23. The molecule has 0 bridgehead atoms. The Morgan fingerprint density at radius 2 is 0.500 bits per heavy atom. The second kappa shape index (κ2) is 28.2. The Balaban J connectivity index is 0.00000149. The van der Waals surface area contributed by atoms with E-state index in [1.54, 1.807) is 79.7 Å². The van der Waals surface area contributed by atoms with Crippen LogP contribution < -0.4 is 21.2 Å². The van der Waals surface area contributed by atoms with Gasteiger partial charge < -0.3 is 45.3 Å². The maximum Gasteiger partial charge on any atom is 0.361 e. The van der Waals surface area contributed by atoms with Crippen molar-refractivity contribution in [3.63, 3.8) is 0 Å². The van der Waals surface area contributed by atoms with Crippen LogP contribution in [0.2, 0.25) is 0 Å². The van der Waals surface area contributed by atoms with Gasteiger partial charge in [-0.25, -0.2) is 0 Å². The van der Waals surface area contributed by atoms with Crippen LogP contribution in [0.5, 0.6) is 0 Å². The van der Waals surface area contributed by atoms with E-state index in [0.717, 1.165) is 66.1 Å². The first-order valence-electron chi connectivity index (χ1n) is 24.8. The van der Waals surface area contributed by atoms with E-state index in [9.17, 15) is 18.3 Å². The van der Waals surface area contributed by atoms with Gasteiger partial charge in [-0.3, -0.25) is 18.3 Å². The van der Waals surface area contributed by atoms with Gasteiger partial charge in [0.05, 0.1) is 107 Å². The standard InChI is InChI=1S/C52H60N2O12P4.2CH2Cl2/c1-9-59-67(55,60-10-2)41-25-29-49-45(33-41)46-34-42(68(56,61-11-3)62-12-4)26-30-50(46)53(49)39-21-17-37(18-22-39)38-19-23-40(24-20-38)54-51-31-27-43(69(57,63-13-5)64-14-6)35-47(51)48-36-44(28-32-52(48)54)70(58,65-15-7)66-16-8;2*2-1-3/h17-36H,9-16H2,1-8H3;2*1H2. The van der Waals surface area contributed by atoms with Crippen LogP contribution in [-0.4, -0.2) is 72.7 Å². The zero-order chi connectivity index (χ0) is 55.3. The van der Waals surface area contributed by atoms with E-state index < -0.39 is 30.4 Å². The molecule has 0 saturated carbocycles. The van der Waals surface area contributed by atoms with Gasteiger partial charge in [-0.15, -0.1) is 46.4 Å². The number of aromatic nitrogens is 2. The van der Waals surface area contributed by atoms with Crippen LogP contribution in [0.1, 0.15) is 55.4 Å². The minimum atomic E-state index is -3.65. The van der Waals surface area contributed by atoms with Crippen LogP contribution in [0.25, 0.3) is 66.1 Å². The summed E-state index contributed by atoms with van der Waals surface area (Å²) in [6.45, 7) is 15.9. The Morgan fingerprint density at radius 3 is 0.671 bits per heavy atom. The molecule has 0 amide bonds. The van der Waals surface area contributed by atoms with Gasteiger partial charge in [0.2, 0.25) is 0 Å². The summed E-state index contributed by atoms with van der Waals surface area (Å²) in [4.78, 5) is 0. The largest absolute Gasteiger partial charge is 0.361 e. The fraction of sp³-hybridized carbons (Fsp3) is 0.333. The lowest BCUT2D eigenvalue weighted by Crippen LogP contribution is -2.11. The minimum absolute atomic E-state index is 0.194. The molecule has 0 aliphatic rings. The first-order valence-corrected chi connectivity index (χ1v) is 33.1. The number of halogens is 4. The van der Waals surface area contributed by atoms with Gasteiger partial charge in [-0.05, 0) is 164 Å². The number of benzene rings is 6. The Hall–Kier alpha value is -3.32. The summed E-state index contributed by atoms with van der Waals surface area (Å²) in [5.74, 6) is 0. The van der Waals surface area contributed by atoms with Gasteiger partial charge in [0.1, 0.15) is 0 Å². The molecule has 14 nitrogen and oxygen atoms in total. The van der Waals surface area contributed by atoms with Crippen molar-refractivity contribution in [1.29, 1.82) is 0 Å². The van der Waals surface area contributed by atoms with Crippen molar-refractivity contribution >= 4 is 142 Å². The van der Waals surface area contributed by atoms with Crippen molar-refractivity contribution in [2.24, 2.45) is 0 Å². The van der Waals surface area contributed by atoms with Crippen LogP contribution in [0.15, 0.2) is 121 Å². The fourth-order valence-corrected chi connectivity index (χ4v) is 15.3. The molecule has 8 rings (SSSR count). The van der Waals surface area contributed by atoms with Crippen LogP contribution in [0.4, 0.5) is 0 Å². The highest BCUT2D eigenvalue weighted by Crippen LogP contribution is 2.52. The van der Waals surface area contributed by atoms with Gasteiger partial charge in [-0.2, -0.15) is 0 Å². The number of alkyl halides is 4. The normalized spacial score (nSPS) is 12.3. The molecular weight excluding hydrogens is 1130 g/mol. The predicted octanol–water partition coefficient (Wildman–Crippen LogP) is 16.0. The van der Waals surface area contributed by atoms with E-state index in [2.05, 4.69) is 57.7 Å². The van der Waals surface area contributed by atoms with Crippen LogP contribution >= 0.6 is 76.8 Å². The highest BCUT2D eigenvalue weighted by atomic mass is 35.5. The summed E-state index contributed by atoms with van der Waals surface area (Å²) in [5, 5.41) is 5.13. The Bertz CT molecular complexity index is 2990. The average molecular weight is 1200 g/mol. The Morgan fingerprint density at radius 1 is 0.316 bits per heavy atom. The molecule has 2 aromatic heterocycles. The predicted molar refractivity (Wildman–Crippen MR) is 316 cm³/mol. The molecule has 6 aromatic carbocycles. The lowest BCUT2D eigenvalue weighted by molar-refractivity contribution is 0.229. The third-order valence-electron chi connectivity index (χ3n) is 11.7. The molecule has 0 spiro atoms. The molecule has 2 heterocycles. The van der Waals surface area contributed by atoms with E-state index in [4.69, 9.17) is 82.6 Å². The molecule has 0 radical (unpaired) electrons. The summed E-state index contributed by atoms with van der Waals surface area (Å²) in [7, 11) is -14.6. The first-order chi connectivity index (χ1) is 36.6. The molecule has 410 valence electrons. The van der Waals surface area contributed by atoms with Crippen molar-refractivity contribution < 1.29 is 54.5 Å². The monoisotopic (exact) mass is 1200 g/mol. The third kappa shape index (κ3) is 13.3. The van der Waals surface area contributed by atoms with E-state index >= 15 is 0 Å². The number of hydrogen-bond donors (Lipinski definition) is 0. The molecule has 0 fully saturated rings. The van der Waals surface area contributed by atoms with Crippen molar-refractivity contribution in [2.45, 2.75) is 55.4 Å². The topological polar surface area (TPSA) is 152 Å². The van der Waals surface area contributed by atoms with Crippen LogP contribution in [-0.2, 0) is 54.5 Å². The van der Waals surface area contributed by atoms with E-state index in [-0.39, 0.29) is 63.5 Å². The van der Waals surface area contributed by atoms with Crippen molar-refractivity contribution in [2.75, 3.05) is 63.5 Å². The SMILES string of the molecule is CCOP(=O)(OCC)c1ccc2c(c1)c1cc(P(=O)(OCC)OCC)ccc1n2-c1ccc(-c2ccc(-n3c4ccc(P(=O)(OCC)OCC)cc4c4cc(P(=O)(OCC)OCC)ccc43)cc2)cc1.ClCCl.ClCCl. The molecule has 0 N–H and O–H groups in total. The smallest absolute Gasteiger partial charge is 0.309 e. The molecular formula is C54H64Cl4N2O12P4. The zero-order valence-corrected chi connectivity index (χ0v) is 50.3. The summed E-state index contributed by atoms with van der Waals surface area (Å²) in [5.41, 5.74) is 7.03. The molecule has 0 aliphatic heterocycles. The molecule has 8 aromatic rings. The molecule has 22 heteroatoms. The van der Waals surface area contributed by atoms with Crippen LogP contribution in [0, 0.1) is 0 Å². The molecule has 0 aliphatic carbocycles. The Labute approximate surface area is 465 Å². The second-order valence-corrected chi connectivity index (χ2v) is 25.8. The Kier molecular flexibility index (Phi) is 23.0. The first kappa shape index (κ1) is 61.9. The lowest BCUT2D eigenvalue weighted by Gasteiger charge is -2.17. The van der Waals surface area contributed by atoms with Gasteiger partial charge in [0, 0.05) is 32.9 Å². The van der Waals surface area contributed by atoms with Gasteiger partial charge >= 0.3 is 30.4 Å². The summed E-state index contributed by atoms with van der Waals surface area (Å²) >= 11 is 19.1. The average Bonchev–Trinajstić information content (AvgIpc) is 3.91. The summed E-state index contributed by atoms with van der Waals surface area (Å²) in [6, 6.07) is 38.6. The van der Waals surface area contributed by atoms with E-state index in [1.165, 1.54) is 0 Å². The molecule has 0 saturated heterocycles. The fourth-order valence-electron chi connectivity index (χ4n) is 8.95. The maximum atomic E-state index is 14.0. The minimum Gasteiger partial charge on any atom is -0.309 e. The highest BCUT2D eigenvalue weighted by molar-refractivity contribution is 7.63. The lowest BCUT2D eigenvalue weighted by atomic mass is 10.0. The highest BCUT2D eigenvalue weighted by Gasteiger charge is 2.32.